The lowest BCUT2D eigenvalue weighted by atomic mass is 9.95. The largest absolute Gasteiger partial charge is 0.350 e. The van der Waals surface area contributed by atoms with Crippen molar-refractivity contribution in [2.75, 3.05) is 13.1 Å². The molecule has 0 bridgehead atoms. The molecule has 0 aromatic heterocycles. The molecule has 0 spiro atoms. The molecule has 1 amide bonds. The zero-order chi connectivity index (χ0) is 13.7. The van der Waals surface area contributed by atoms with Gasteiger partial charge in [0.25, 0.3) is 0 Å². The molecule has 1 unspecified atom stereocenters. The minimum atomic E-state index is 0.0870. The van der Waals surface area contributed by atoms with Gasteiger partial charge in [-0.05, 0) is 51.3 Å². The molecule has 3 nitrogen and oxygen atoms in total. The van der Waals surface area contributed by atoms with Crippen molar-refractivity contribution in [3.63, 3.8) is 0 Å². The summed E-state index contributed by atoms with van der Waals surface area (Å²) in [6.07, 6.45) is 2.99. The van der Waals surface area contributed by atoms with Crippen molar-refractivity contribution in [3.05, 3.63) is 35.4 Å². The standard InChI is InChI=1S/C16H24N2O/c1-12-5-3-7-15(9-12)13(2)18-16(19)10-14-6-4-8-17-11-14/h3,5,7,9,13-14,17H,4,6,8,10-11H2,1-2H3,(H,18,19)/t13-,14?/m0/s1. The first-order valence-corrected chi connectivity index (χ1v) is 7.22. The van der Waals surface area contributed by atoms with Crippen LogP contribution in [0, 0.1) is 12.8 Å². The van der Waals surface area contributed by atoms with E-state index in [0.717, 1.165) is 13.1 Å². The summed E-state index contributed by atoms with van der Waals surface area (Å²) in [5.74, 6) is 0.668. The molecule has 0 radical (unpaired) electrons. The van der Waals surface area contributed by atoms with Gasteiger partial charge in [0.05, 0.1) is 6.04 Å². The molecule has 19 heavy (non-hydrogen) atoms. The Labute approximate surface area is 115 Å². The second-order valence-corrected chi connectivity index (χ2v) is 5.62. The van der Waals surface area contributed by atoms with Crippen LogP contribution in [0.3, 0.4) is 0 Å². The second kappa shape index (κ2) is 6.71. The fraction of sp³-hybridized carbons (Fsp3) is 0.562. The smallest absolute Gasteiger partial charge is 0.220 e. The quantitative estimate of drug-likeness (QED) is 0.873. The van der Waals surface area contributed by atoms with Gasteiger partial charge in [-0.3, -0.25) is 4.79 Å². The lowest BCUT2D eigenvalue weighted by Crippen LogP contribution is -2.35. The summed E-state index contributed by atoms with van der Waals surface area (Å²) in [4.78, 5) is 12.0. The van der Waals surface area contributed by atoms with Gasteiger partial charge in [0.1, 0.15) is 0 Å². The van der Waals surface area contributed by atoms with E-state index in [2.05, 4.69) is 35.8 Å². The molecule has 2 rings (SSSR count). The fourth-order valence-corrected chi connectivity index (χ4v) is 2.68. The fourth-order valence-electron chi connectivity index (χ4n) is 2.68. The van der Waals surface area contributed by atoms with Crippen molar-refractivity contribution in [2.45, 2.75) is 39.2 Å². The second-order valence-electron chi connectivity index (χ2n) is 5.62. The highest BCUT2D eigenvalue weighted by atomic mass is 16.1. The maximum absolute atomic E-state index is 12.0. The first-order valence-electron chi connectivity index (χ1n) is 7.22. The predicted molar refractivity (Wildman–Crippen MR) is 77.9 cm³/mol. The topological polar surface area (TPSA) is 41.1 Å². The van der Waals surface area contributed by atoms with E-state index >= 15 is 0 Å². The third-order valence-electron chi connectivity index (χ3n) is 3.79. The van der Waals surface area contributed by atoms with E-state index < -0.39 is 0 Å². The molecular formula is C16H24N2O. The van der Waals surface area contributed by atoms with E-state index in [1.54, 1.807) is 0 Å². The van der Waals surface area contributed by atoms with Crippen LogP contribution in [0.5, 0.6) is 0 Å². The highest BCUT2D eigenvalue weighted by Gasteiger charge is 2.18. The maximum atomic E-state index is 12.0. The number of benzene rings is 1. The van der Waals surface area contributed by atoms with Crippen LogP contribution in [-0.4, -0.2) is 19.0 Å². The monoisotopic (exact) mass is 260 g/mol. The molecule has 2 N–H and O–H groups in total. The number of amides is 1. The highest BCUT2D eigenvalue weighted by molar-refractivity contribution is 5.76. The lowest BCUT2D eigenvalue weighted by molar-refractivity contribution is -0.122. The Balaban J connectivity index is 1.84. The molecule has 1 aliphatic rings. The van der Waals surface area contributed by atoms with Crippen molar-refractivity contribution in [1.29, 1.82) is 0 Å². The SMILES string of the molecule is Cc1cccc([C@H](C)NC(=O)CC2CCCNC2)c1. The van der Waals surface area contributed by atoms with E-state index in [1.807, 2.05) is 13.0 Å². The van der Waals surface area contributed by atoms with Gasteiger partial charge in [-0.2, -0.15) is 0 Å². The first kappa shape index (κ1) is 14.1. The number of piperidine rings is 1. The first-order chi connectivity index (χ1) is 9.15. The zero-order valence-electron chi connectivity index (χ0n) is 11.9. The van der Waals surface area contributed by atoms with Crippen molar-refractivity contribution < 1.29 is 4.79 Å². The molecule has 1 heterocycles. The summed E-state index contributed by atoms with van der Waals surface area (Å²) in [5, 5.41) is 6.46. The number of aryl methyl sites for hydroxylation is 1. The van der Waals surface area contributed by atoms with Crippen LogP contribution in [0.25, 0.3) is 0 Å². The van der Waals surface area contributed by atoms with Gasteiger partial charge in [0, 0.05) is 6.42 Å². The Bertz CT molecular complexity index is 425. The summed E-state index contributed by atoms with van der Waals surface area (Å²) >= 11 is 0. The molecular weight excluding hydrogens is 236 g/mol. The molecule has 1 saturated heterocycles. The van der Waals surface area contributed by atoms with Crippen LogP contribution in [0.15, 0.2) is 24.3 Å². The number of hydrogen-bond donors (Lipinski definition) is 2. The Kier molecular flexibility index (Phi) is 4.97. The van der Waals surface area contributed by atoms with Gasteiger partial charge < -0.3 is 10.6 Å². The summed E-state index contributed by atoms with van der Waals surface area (Å²) in [5.41, 5.74) is 2.41. The van der Waals surface area contributed by atoms with Crippen LogP contribution >= 0.6 is 0 Å². The zero-order valence-corrected chi connectivity index (χ0v) is 11.9. The number of carbonyl (C=O) groups excluding carboxylic acids is 1. The van der Waals surface area contributed by atoms with E-state index in [0.29, 0.717) is 12.3 Å². The van der Waals surface area contributed by atoms with E-state index in [1.165, 1.54) is 24.0 Å². The summed E-state index contributed by atoms with van der Waals surface area (Å²) in [7, 11) is 0. The molecule has 104 valence electrons. The Hall–Kier alpha value is -1.35. The minimum Gasteiger partial charge on any atom is -0.350 e. The highest BCUT2D eigenvalue weighted by Crippen LogP contribution is 2.17. The predicted octanol–water partition coefficient (Wildman–Crippen LogP) is 2.56. The Morgan fingerprint density at radius 2 is 2.37 bits per heavy atom. The molecule has 1 fully saturated rings. The minimum absolute atomic E-state index is 0.0870. The Morgan fingerprint density at radius 1 is 1.53 bits per heavy atom. The van der Waals surface area contributed by atoms with E-state index in [-0.39, 0.29) is 11.9 Å². The molecule has 0 aliphatic carbocycles. The maximum Gasteiger partial charge on any atom is 0.220 e. The normalized spacial score (nSPS) is 20.8. The summed E-state index contributed by atoms with van der Waals surface area (Å²) < 4.78 is 0. The van der Waals surface area contributed by atoms with Crippen molar-refractivity contribution in [3.8, 4) is 0 Å². The number of rotatable bonds is 4. The van der Waals surface area contributed by atoms with Crippen LogP contribution < -0.4 is 10.6 Å². The third-order valence-corrected chi connectivity index (χ3v) is 3.79. The van der Waals surface area contributed by atoms with Gasteiger partial charge in [-0.1, -0.05) is 29.8 Å². The summed E-state index contributed by atoms with van der Waals surface area (Å²) in [6.45, 7) is 6.20. The van der Waals surface area contributed by atoms with Crippen molar-refractivity contribution >= 4 is 5.91 Å². The van der Waals surface area contributed by atoms with Gasteiger partial charge >= 0.3 is 0 Å². The van der Waals surface area contributed by atoms with Crippen LogP contribution in [0.4, 0.5) is 0 Å². The van der Waals surface area contributed by atoms with Gasteiger partial charge in [0.15, 0.2) is 0 Å². The van der Waals surface area contributed by atoms with E-state index in [4.69, 9.17) is 0 Å². The molecule has 1 aromatic rings. The van der Waals surface area contributed by atoms with Gasteiger partial charge in [0.2, 0.25) is 5.91 Å². The summed E-state index contributed by atoms with van der Waals surface area (Å²) in [6, 6.07) is 8.40. The van der Waals surface area contributed by atoms with Gasteiger partial charge in [-0.25, -0.2) is 0 Å². The van der Waals surface area contributed by atoms with Crippen LogP contribution in [-0.2, 0) is 4.79 Å². The average molecular weight is 260 g/mol. The molecule has 2 atom stereocenters. The number of carbonyl (C=O) groups is 1. The van der Waals surface area contributed by atoms with Gasteiger partial charge in [-0.15, -0.1) is 0 Å². The molecule has 0 saturated carbocycles. The lowest BCUT2D eigenvalue weighted by Gasteiger charge is -2.23. The molecule has 1 aliphatic heterocycles. The van der Waals surface area contributed by atoms with Crippen LogP contribution in [0.2, 0.25) is 0 Å². The number of hydrogen-bond acceptors (Lipinski definition) is 2. The van der Waals surface area contributed by atoms with Crippen LogP contribution in [0.1, 0.15) is 43.4 Å². The number of nitrogens with one attached hydrogen (secondary N) is 2. The van der Waals surface area contributed by atoms with Crippen molar-refractivity contribution in [1.82, 2.24) is 10.6 Å². The molecule has 3 heteroatoms. The Morgan fingerprint density at radius 3 is 3.05 bits per heavy atom. The third kappa shape index (κ3) is 4.35. The average Bonchev–Trinajstić information content (AvgIpc) is 2.39. The van der Waals surface area contributed by atoms with E-state index in [9.17, 15) is 4.79 Å². The van der Waals surface area contributed by atoms with Crippen molar-refractivity contribution in [2.24, 2.45) is 5.92 Å². The molecule has 1 aromatic carbocycles.